The number of pyridine rings is 1. The molecule has 0 radical (unpaired) electrons. The molecule has 0 bridgehead atoms. The first-order chi connectivity index (χ1) is 11.2. The Hall–Kier alpha value is -2.35. The highest BCUT2D eigenvalue weighted by Gasteiger charge is 2.11. The Morgan fingerprint density at radius 2 is 1.74 bits per heavy atom. The minimum Gasteiger partial charge on any atom is -0.294 e. The second kappa shape index (κ2) is 5.69. The summed E-state index contributed by atoms with van der Waals surface area (Å²) >= 11 is 2.24. The van der Waals surface area contributed by atoms with Crippen molar-refractivity contribution in [1.82, 2.24) is 19.6 Å². The Bertz CT molecular complexity index is 995. The van der Waals surface area contributed by atoms with Gasteiger partial charge in [-0.15, -0.1) is 5.10 Å². The van der Waals surface area contributed by atoms with E-state index in [1.165, 1.54) is 12.1 Å². The van der Waals surface area contributed by atoms with Gasteiger partial charge in [0.2, 0.25) is 0 Å². The number of benzene rings is 1. The zero-order valence-electron chi connectivity index (χ0n) is 11.8. The lowest BCUT2D eigenvalue weighted by molar-refractivity contribution is 0.628. The fourth-order valence-electron chi connectivity index (χ4n) is 2.50. The van der Waals surface area contributed by atoms with Crippen LogP contribution in [-0.2, 0) is 0 Å². The van der Waals surface area contributed by atoms with Crippen LogP contribution in [0, 0.1) is 9.52 Å². The third kappa shape index (κ3) is 2.59. The molecule has 3 aromatic heterocycles. The van der Waals surface area contributed by atoms with Crippen molar-refractivity contribution in [2.24, 2.45) is 0 Å². The average molecular weight is 416 g/mol. The topological polar surface area (TPSA) is 43.1 Å². The molecule has 6 heteroatoms. The lowest BCUT2D eigenvalue weighted by Gasteiger charge is -2.09. The average Bonchev–Trinajstić information content (AvgIpc) is 2.96. The summed E-state index contributed by atoms with van der Waals surface area (Å²) in [5, 5.41) is 8.29. The molecular formula is C17H10FIN4. The van der Waals surface area contributed by atoms with Crippen LogP contribution < -0.4 is 0 Å². The molecule has 3 heterocycles. The van der Waals surface area contributed by atoms with Crippen molar-refractivity contribution >= 4 is 28.2 Å². The summed E-state index contributed by atoms with van der Waals surface area (Å²) < 4.78 is 16.2. The predicted octanol–water partition coefficient (Wildman–Crippen LogP) is 4.20. The van der Waals surface area contributed by atoms with E-state index >= 15 is 0 Å². The monoisotopic (exact) mass is 416 g/mol. The SMILES string of the molecule is Fc1ccc(-c2ccnnc2-c2ccc3ncc(I)n3c2)cc1. The van der Waals surface area contributed by atoms with Crippen LogP contribution in [0.2, 0.25) is 0 Å². The van der Waals surface area contributed by atoms with Gasteiger partial charge in [0.1, 0.15) is 20.9 Å². The highest BCUT2D eigenvalue weighted by molar-refractivity contribution is 14.1. The van der Waals surface area contributed by atoms with E-state index in [0.717, 1.165) is 31.7 Å². The van der Waals surface area contributed by atoms with E-state index in [1.54, 1.807) is 18.3 Å². The molecule has 23 heavy (non-hydrogen) atoms. The van der Waals surface area contributed by atoms with E-state index in [-0.39, 0.29) is 5.82 Å². The van der Waals surface area contributed by atoms with Crippen molar-refractivity contribution in [3.05, 3.63) is 70.6 Å². The Kier molecular flexibility index (Phi) is 3.53. The zero-order valence-corrected chi connectivity index (χ0v) is 14.0. The van der Waals surface area contributed by atoms with Gasteiger partial charge in [0, 0.05) is 17.3 Å². The van der Waals surface area contributed by atoms with E-state index in [9.17, 15) is 4.39 Å². The highest BCUT2D eigenvalue weighted by Crippen LogP contribution is 2.30. The fourth-order valence-corrected chi connectivity index (χ4v) is 3.02. The molecule has 0 atom stereocenters. The molecule has 4 rings (SSSR count). The molecule has 4 aromatic rings. The van der Waals surface area contributed by atoms with Crippen LogP contribution in [0.4, 0.5) is 4.39 Å². The molecule has 0 spiro atoms. The van der Waals surface area contributed by atoms with Gasteiger partial charge in [-0.3, -0.25) is 4.40 Å². The maximum Gasteiger partial charge on any atom is 0.137 e. The lowest BCUT2D eigenvalue weighted by Crippen LogP contribution is -1.95. The number of aromatic nitrogens is 4. The number of nitrogens with zero attached hydrogens (tertiary/aromatic N) is 4. The zero-order chi connectivity index (χ0) is 15.8. The van der Waals surface area contributed by atoms with Gasteiger partial charge in [-0.25, -0.2) is 9.37 Å². The molecule has 0 saturated heterocycles. The van der Waals surface area contributed by atoms with E-state index in [4.69, 9.17) is 0 Å². The number of imidazole rings is 1. The minimum atomic E-state index is -0.258. The van der Waals surface area contributed by atoms with Crippen molar-refractivity contribution in [2.45, 2.75) is 0 Å². The molecule has 0 amide bonds. The van der Waals surface area contributed by atoms with Gasteiger partial charge in [0.05, 0.1) is 12.4 Å². The molecule has 0 unspecified atom stereocenters. The molecular weight excluding hydrogens is 406 g/mol. The summed E-state index contributed by atoms with van der Waals surface area (Å²) in [4.78, 5) is 4.32. The van der Waals surface area contributed by atoms with Gasteiger partial charge in [-0.05, 0) is 58.5 Å². The number of halogens is 2. The summed E-state index contributed by atoms with van der Waals surface area (Å²) in [6.45, 7) is 0. The van der Waals surface area contributed by atoms with E-state index < -0.39 is 0 Å². The van der Waals surface area contributed by atoms with Crippen molar-refractivity contribution < 1.29 is 4.39 Å². The predicted molar refractivity (Wildman–Crippen MR) is 94.3 cm³/mol. The van der Waals surface area contributed by atoms with Crippen LogP contribution >= 0.6 is 22.6 Å². The van der Waals surface area contributed by atoms with Crippen molar-refractivity contribution in [3.63, 3.8) is 0 Å². The molecule has 0 aliphatic carbocycles. The first-order valence-corrected chi connectivity index (χ1v) is 8.01. The number of fused-ring (bicyclic) bond motifs is 1. The molecule has 1 aromatic carbocycles. The van der Waals surface area contributed by atoms with Gasteiger partial charge < -0.3 is 0 Å². The minimum absolute atomic E-state index is 0.258. The maximum absolute atomic E-state index is 13.2. The molecule has 0 fully saturated rings. The Morgan fingerprint density at radius 3 is 2.57 bits per heavy atom. The largest absolute Gasteiger partial charge is 0.294 e. The summed E-state index contributed by atoms with van der Waals surface area (Å²) in [6.07, 6.45) is 5.44. The third-order valence-electron chi connectivity index (χ3n) is 3.61. The van der Waals surface area contributed by atoms with Crippen LogP contribution in [0.1, 0.15) is 0 Å². The van der Waals surface area contributed by atoms with E-state index in [1.807, 2.05) is 35.0 Å². The van der Waals surface area contributed by atoms with Crippen LogP contribution in [0.25, 0.3) is 28.0 Å². The molecule has 0 aliphatic heterocycles. The normalized spacial score (nSPS) is 11.0. The summed E-state index contributed by atoms with van der Waals surface area (Å²) in [7, 11) is 0. The first kappa shape index (κ1) is 14.3. The quantitative estimate of drug-likeness (QED) is 0.460. The van der Waals surface area contributed by atoms with Crippen LogP contribution in [-0.4, -0.2) is 19.6 Å². The van der Waals surface area contributed by atoms with E-state index in [2.05, 4.69) is 37.8 Å². The molecule has 0 aliphatic rings. The Balaban J connectivity index is 1.90. The molecule has 0 saturated carbocycles. The number of hydrogen-bond acceptors (Lipinski definition) is 3. The van der Waals surface area contributed by atoms with Gasteiger partial charge in [-0.1, -0.05) is 12.1 Å². The van der Waals surface area contributed by atoms with Crippen LogP contribution in [0.5, 0.6) is 0 Å². The molecule has 4 nitrogen and oxygen atoms in total. The Labute approximate surface area is 145 Å². The lowest BCUT2D eigenvalue weighted by atomic mass is 10.0. The molecule has 0 N–H and O–H groups in total. The summed E-state index contributed by atoms with van der Waals surface area (Å²) in [5.41, 5.74) is 4.38. The van der Waals surface area contributed by atoms with Gasteiger partial charge in [0.25, 0.3) is 0 Å². The van der Waals surface area contributed by atoms with Crippen molar-refractivity contribution in [3.8, 4) is 22.4 Å². The smallest absolute Gasteiger partial charge is 0.137 e. The highest BCUT2D eigenvalue weighted by atomic mass is 127. The molecule has 112 valence electrons. The second-order valence-electron chi connectivity index (χ2n) is 5.03. The maximum atomic E-state index is 13.2. The van der Waals surface area contributed by atoms with Gasteiger partial charge in [0.15, 0.2) is 0 Å². The van der Waals surface area contributed by atoms with Crippen LogP contribution in [0.15, 0.2) is 61.1 Å². The third-order valence-corrected chi connectivity index (χ3v) is 4.41. The number of rotatable bonds is 2. The first-order valence-electron chi connectivity index (χ1n) is 6.93. The van der Waals surface area contributed by atoms with Crippen LogP contribution in [0.3, 0.4) is 0 Å². The Morgan fingerprint density at radius 1 is 0.957 bits per heavy atom. The van der Waals surface area contributed by atoms with Gasteiger partial charge in [-0.2, -0.15) is 5.10 Å². The standard InChI is InChI=1S/C17H10FIN4/c18-13-4-1-11(2-5-13)14-7-8-21-22-17(14)12-3-6-16-20-9-15(19)23(16)10-12/h1-10H. The van der Waals surface area contributed by atoms with Crippen molar-refractivity contribution in [2.75, 3.05) is 0 Å². The van der Waals surface area contributed by atoms with E-state index in [0.29, 0.717) is 0 Å². The second-order valence-corrected chi connectivity index (χ2v) is 6.13. The number of hydrogen-bond donors (Lipinski definition) is 0. The summed E-state index contributed by atoms with van der Waals surface area (Å²) in [6, 6.07) is 12.2. The fraction of sp³-hybridized carbons (Fsp3) is 0. The van der Waals surface area contributed by atoms with Gasteiger partial charge >= 0.3 is 0 Å². The summed E-state index contributed by atoms with van der Waals surface area (Å²) in [5.74, 6) is -0.258. The van der Waals surface area contributed by atoms with Crippen molar-refractivity contribution in [1.29, 1.82) is 0 Å².